The van der Waals surface area contributed by atoms with Gasteiger partial charge >= 0.3 is 0 Å². The fourth-order valence-electron chi connectivity index (χ4n) is 1.95. The van der Waals surface area contributed by atoms with Gasteiger partial charge in [0.1, 0.15) is 0 Å². The van der Waals surface area contributed by atoms with Crippen LogP contribution in [-0.2, 0) is 0 Å². The Labute approximate surface area is 93.2 Å². The number of unbranched alkanes of at least 4 members (excludes halogenated alkanes) is 1. The van der Waals surface area contributed by atoms with Gasteiger partial charge in [0.25, 0.3) is 0 Å². The summed E-state index contributed by atoms with van der Waals surface area (Å²) in [6, 6.07) is 0.637. The van der Waals surface area contributed by atoms with Crippen molar-refractivity contribution in [3.63, 3.8) is 0 Å². The molecule has 15 heavy (non-hydrogen) atoms. The van der Waals surface area contributed by atoms with Gasteiger partial charge in [-0.1, -0.05) is 0 Å². The van der Waals surface area contributed by atoms with Crippen LogP contribution in [0.2, 0.25) is 0 Å². The molecule has 4 nitrogen and oxygen atoms in total. The van der Waals surface area contributed by atoms with Crippen molar-refractivity contribution in [1.82, 2.24) is 15.1 Å². The van der Waals surface area contributed by atoms with Gasteiger partial charge in [-0.3, -0.25) is 4.90 Å². The normalized spacial score (nSPS) is 24.6. The molecule has 1 atom stereocenters. The molecular weight excluding hydrogens is 190 g/mol. The summed E-state index contributed by atoms with van der Waals surface area (Å²) < 4.78 is 0. The molecule has 0 bridgehead atoms. The molecular formula is C11H25N3O. The summed E-state index contributed by atoms with van der Waals surface area (Å²) in [7, 11) is 4.39. The summed E-state index contributed by atoms with van der Waals surface area (Å²) >= 11 is 0. The van der Waals surface area contributed by atoms with Crippen LogP contribution in [0.15, 0.2) is 0 Å². The van der Waals surface area contributed by atoms with Crippen molar-refractivity contribution in [3.8, 4) is 0 Å². The highest BCUT2D eigenvalue weighted by atomic mass is 16.2. The summed E-state index contributed by atoms with van der Waals surface area (Å²) in [4.78, 5) is 4.82. The maximum atomic E-state index is 8.65. The largest absolute Gasteiger partial charge is 0.396 e. The summed E-state index contributed by atoms with van der Waals surface area (Å²) in [5, 5.41) is 12.1. The van der Waals surface area contributed by atoms with E-state index >= 15 is 0 Å². The fourth-order valence-corrected chi connectivity index (χ4v) is 1.95. The van der Waals surface area contributed by atoms with Gasteiger partial charge in [-0.05, 0) is 33.5 Å². The summed E-state index contributed by atoms with van der Waals surface area (Å²) in [5.41, 5.74) is 0. The first-order valence-electron chi connectivity index (χ1n) is 5.94. The van der Waals surface area contributed by atoms with E-state index in [-0.39, 0.29) is 0 Å². The van der Waals surface area contributed by atoms with Gasteiger partial charge in [-0.15, -0.1) is 0 Å². The van der Waals surface area contributed by atoms with E-state index in [0.717, 1.165) is 32.5 Å². The van der Waals surface area contributed by atoms with Crippen LogP contribution in [0.4, 0.5) is 0 Å². The van der Waals surface area contributed by atoms with Crippen molar-refractivity contribution >= 4 is 0 Å². The highest BCUT2D eigenvalue weighted by molar-refractivity contribution is 4.79. The number of nitrogens with one attached hydrogen (secondary N) is 1. The summed E-state index contributed by atoms with van der Waals surface area (Å²) in [5.74, 6) is 0. The average Bonchev–Trinajstić information content (AvgIpc) is 2.23. The van der Waals surface area contributed by atoms with Crippen molar-refractivity contribution in [2.45, 2.75) is 18.9 Å². The molecule has 0 aromatic heterocycles. The van der Waals surface area contributed by atoms with Crippen LogP contribution >= 0.6 is 0 Å². The molecule has 0 radical (unpaired) electrons. The minimum absolute atomic E-state index is 0.313. The van der Waals surface area contributed by atoms with Gasteiger partial charge in [0.15, 0.2) is 0 Å². The van der Waals surface area contributed by atoms with Crippen molar-refractivity contribution in [1.29, 1.82) is 0 Å². The second kappa shape index (κ2) is 7.17. The zero-order valence-electron chi connectivity index (χ0n) is 10.1. The molecule has 0 saturated carbocycles. The average molecular weight is 215 g/mol. The van der Waals surface area contributed by atoms with Crippen LogP contribution in [0.25, 0.3) is 0 Å². The molecule has 1 unspecified atom stereocenters. The first-order valence-corrected chi connectivity index (χ1v) is 5.94. The SMILES string of the molecule is CN1CCN(C)C(CNCCCCO)C1. The molecule has 1 aliphatic heterocycles. The van der Waals surface area contributed by atoms with Crippen molar-refractivity contribution in [2.75, 3.05) is 53.4 Å². The second-order valence-corrected chi connectivity index (χ2v) is 4.53. The number of aliphatic hydroxyl groups is 1. The van der Waals surface area contributed by atoms with E-state index < -0.39 is 0 Å². The topological polar surface area (TPSA) is 38.7 Å². The van der Waals surface area contributed by atoms with Gasteiger partial charge in [0.05, 0.1) is 0 Å². The number of hydrogen-bond donors (Lipinski definition) is 2. The summed E-state index contributed by atoms with van der Waals surface area (Å²) in [6.07, 6.45) is 1.98. The molecule has 0 aromatic carbocycles. The van der Waals surface area contributed by atoms with E-state index in [9.17, 15) is 0 Å². The van der Waals surface area contributed by atoms with E-state index in [4.69, 9.17) is 5.11 Å². The number of rotatable bonds is 6. The first kappa shape index (κ1) is 12.9. The molecule has 90 valence electrons. The van der Waals surface area contributed by atoms with Crippen molar-refractivity contribution in [3.05, 3.63) is 0 Å². The van der Waals surface area contributed by atoms with Gasteiger partial charge < -0.3 is 15.3 Å². The molecule has 0 aromatic rings. The summed E-state index contributed by atoms with van der Waals surface area (Å²) in [6.45, 7) is 5.90. The standard InChI is InChI=1S/C11H25N3O/c1-13-6-7-14(2)11(10-13)9-12-5-3-4-8-15/h11-12,15H,3-10H2,1-2H3. The van der Waals surface area contributed by atoms with E-state index in [2.05, 4.69) is 29.2 Å². The second-order valence-electron chi connectivity index (χ2n) is 4.53. The first-order chi connectivity index (χ1) is 7.24. The van der Waals surface area contributed by atoms with E-state index in [1.54, 1.807) is 0 Å². The Kier molecular flexibility index (Phi) is 6.17. The lowest BCUT2D eigenvalue weighted by atomic mass is 10.2. The number of hydrogen-bond acceptors (Lipinski definition) is 4. The van der Waals surface area contributed by atoms with Crippen LogP contribution in [0.3, 0.4) is 0 Å². The lowest BCUT2D eigenvalue weighted by Gasteiger charge is -2.37. The monoisotopic (exact) mass is 215 g/mol. The lowest BCUT2D eigenvalue weighted by molar-refractivity contribution is 0.113. The minimum Gasteiger partial charge on any atom is -0.396 e. The number of likely N-dealkylation sites (N-methyl/N-ethyl adjacent to an activating group) is 2. The van der Waals surface area contributed by atoms with Gasteiger partial charge in [-0.2, -0.15) is 0 Å². The lowest BCUT2D eigenvalue weighted by Crippen LogP contribution is -2.53. The predicted octanol–water partition coefficient (Wildman–Crippen LogP) is -0.406. The highest BCUT2D eigenvalue weighted by Gasteiger charge is 2.21. The van der Waals surface area contributed by atoms with E-state index in [1.807, 2.05) is 0 Å². The maximum absolute atomic E-state index is 8.65. The molecule has 1 heterocycles. The predicted molar refractivity (Wildman–Crippen MR) is 63.1 cm³/mol. The molecule has 4 heteroatoms. The van der Waals surface area contributed by atoms with Gasteiger partial charge in [0.2, 0.25) is 0 Å². The third-order valence-corrected chi connectivity index (χ3v) is 3.12. The fraction of sp³-hybridized carbons (Fsp3) is 1.00. The molecule has 0 amide bonds. The Bertz CT molecular complexity index is 166. The van der Waals surface area contributed by atoms with Crippen LogP contribution in [0, 0.1) is 0 Å². The smallest absolute Gasteiger partial charge is 0.0431 e. The highest BCUT2D eigenvalue weighted by Crippen LogP contribution is 2.04. The van der Waals surface area contributed by atoms with E-state index in [1.165, 1.54) is 13.1 Å². The number of aliphatic hydroxyl groups excluding tert-OH is 1. The maximum Gasteiger partial charge on any atom is 0.0431 e. The Hall–Kier alpha value is -0.160. The van der Waals surface area contributed by atoms with Crippen molar-refractivity contribution in [2.24, 2.45) is 0 Å². The molecule has 2 N–H and O–H groups in total. The van der Waals surface area contributed by atoms with Crippen LogP contribution < -0.4 is 5.32 Å². The molecule has 0 spiro atoms. The van der Waals surface area contributed by atoms with Crippen LogP contribution in [-0.4, -0.2) is 74.4 Å². The van der Waals surface area contributed by atoms with Crippen molar-refractivity contribution < 1.29 is 5.11 Å². The Morgan fingerprint density at radius 1 is 1.27 bits per heavy atom. The third kappa shape index (κ3) is 4.93. The number of nitrogens with zero attached hydrogens (tertiary/aromatic N) is 2. The van der Waals surface area contributed by atoms with E-state index in [0.29, 0.717) is 12.6 Å². The third-order valence-electron chi connectivity index (χ3n) is 3.12. The Morgan fingerprint density at radius 2 is 2.07 bits per heavy atom. The molecule has 1 saturated heterocycles. The van der Waals surface area contributed by atoms with Crippen LogP contribution in [0.1, 0.15) is 12.8 Å². The zero-order chi connectivity index (χ0) is 11.1. The molecule has 0 aliphatic carbocycles. The molecule has 1 aliphatic rings. The molecule has 1 rings (SSSR count). The quantitative estimate of drug-likeness (QED) is 0.591. The molecule has 1 fully saturated rings. The zero-order valence-corrected chi connectivity index (χ0v) is 10.1. The number of piperazine rings is 1. The van der Waals surface area contributed by atoms with Gasteiger partial charge in [-0.25, -0.2) is 0 Å². The Morgan fingerprint density at radius 3 is 2.80 bits per heavy atom. The Balaban J connectivity index is 2.08. The van der Waals surface area contributed by atoms with Crippen LogP contribution in [0.5, 0.6) is 0 Å². The minimum atomic E-state index is 0.313. The van der Waals surface area contributed by atoms with Gasteiger partial charge in [0, 0.05) is 38.8 Å².